The van der Waals surface area contributed by atoms with Crippen LogP contribution in [0.4, 0.5) is 11.5 Å². The predicted molar refractivity (Wildman–Crippen MR) is 74.2 cm³/mol. The van der Waals surface area contributed by atoms with Gasteiger partial charge in [-0.2, -0.15) is 0 Å². The van der Waals surface area contributed by atoms with Crippen LogP contribution in [0.15, 0.2) is 36.5 Å². The van der Waals surface area contributed by atoms with Crippen LogP contribution in [0.2, 0.25) is 0 Å². The van der Waals surface area contributed by atoms with Gasteiger partial charge in [0.25, 0.3) is 0 Å². The van der Waals surface area contributed by atoms with E-state index in [-0.39, 0.29) is 11.6 Å². The molecule has 4 N–H and O–H groups in total. The first-order valence-corrected chi connectivity index (χ1v) is 7.27. The van der Waals surface area contributed by atoms with Crippen molar-refractivity contribution in [3.05, 3.63) is 36.5 Å². The maximum absolute atomic E-state index is 11.1. The number of nitrogens with two attached hydrogens (primary N) is 1. The molecule has 19 heavy (non-hydrogen) atoms. The van der Waals surface area contributed by atoms with E-state index < -0.39 is 10.0 Å². The minimum atomic E-state index is -3.29. The van der Waals surface area contributed by atoms with Gasteiger partial charge in [0.1, 0.15) is 0 Å². The SMILES string of the molecule is CS(=O)(=O)Nc1ccc(-c2cnc(N)c(O)c2)cc1. The van der Waals surface area contributed by atoms with Gasteiger partial charge >= 0.3 is 0 Å². The fourth-order valence-electron chi connectivity index (χ4n) is 1.57. The molecule has 1 aromatic heterocycles. The Morgan fingerprint density at radius 3 is 2.37 bits per heavy atom. The predicted octanol–water partition coefficient (Wildman–Crippen LogP) is 1.41. The van der Waals surface area contributed by atoms with Gasteiger partial charge in [0.05, 0.1) is 6.26 Å². The van der Waals surface area contributed by atoms with E-state index in [9.17, 15) is 13.5 Å². The molecule has 0 aliphatic heterocycles. The average Bonchev–Trinajstić information content (AvgIpc) is 2.32. The Balaban J connectivity index is 2.29. The Morgan fingerprint density at radius 2 is 1.84 bits per heavy atom. The summed E-state index contributed by atoms with van der Waals surface area (Å²) in [6.07, 6.45) is 2.62. The number of sulfonamides is 1. The van der Waals surface area contributed by atoms with E-state index in [4.69, 9.17) is 5.73 Å². The lowest BCUT2D eigenvalue weighted by Crippen LogP contribution is -2.09. The molecule has 1 aromatic carbocycles. The van der Waals surface area contributed by atoms with Crippen LogP contribution in [0.1, 0.15) is 0 Å². The van der Waals surface area contributed by atoms with Crippen molar-refractivity contribution >= 4 is 21.5 Å². The van der Waals surface area contributed by atoms with Crippen LogP contribution in [-0.2, 0) is 10.0 Å². The van der Waals surface area contributed by atoms with Gasteiger partial charge in [-0.3, -0.25) is 4.72 Å². The molecular formula is C12H13N3O3S. The highest BCUT2D eigenvalue weighted by Crippen LogP contribution is 2.26. The van der Waals surface area contributed by atoms with E-state index in [1.54, 1.807) is 24.3 Å². The summed E-state index contributed by atoms with van der Waals surface area (Å²) in [7, 11) is -3.29. The number of nitrogens with zero attached hydrogens (tertiary/aromatic N) is 1. The van der Waals surface area contributed by atoms with Crippen LogP contribution < -0.4 is 10.5 Å². The number of hydrogen-bond donors (Lipinski definition) is 3. The molecule has 0 unspecified atom stereocenters. The number of aromatic nitrogens is 1. The number of anilines is 2. The first-order valence-electron chi connectivity index (χ1n) is 5.38. The van der Waals surface area contributed by atoms with Crippen LogP contribution in [-0.4, -0.2) is 24.8 Å². The molecule has 0 saturated heterocycles. The standard InChI is InChI=1S/C12H13N3O3S/c1-19(17,18)15-10-4-2-8(3-5-10)9-6-11(16)12(13)14-7-9/h2-7,15-16H,1H3,(H2,13,14). The van der Waals surface area contributed by atoms with Crippen molar-refractivity contribution in [1.29, 1.82) is 0 Å². The maximum atomic E-state index is 11.1. The number of nitrogens with one attached hydrogen (secondary N) is 1. The zero-order valence-corrected chi connectivity index (χ0v) is 11.0. The van der Waals surface area contributed by atoms with Gasteiger partial charge in [-0.05, 0) is 23.8 Å². The first kappa shape index (κ1) is 13.2. The zero-order chi connectivity index (χ0) is 14.0. The van der Waals surface area contributed by atoms with Gasteiger partial charge in [-0.15, -0.1) is 0 Å². The molecule has 2 rings (SSSR count). The molecule has 0 fully saturated rings. The smallest absolute Gasteiger partial charge is 0.229 e. The molecule has 6 nitrogen and oxygen atoms in total. The lowest BCUT2D eigenvalue weighted by molar-refractivity contribution is 0.476. The van der Waals surface area contributed by atoms with Crippen molar-refractivity contribution in [2.75, 3.05) is 16.7 Å². The summed E-state index contributed by atoms with van der Waals surface area (Å²) >= 11 is 0. The van der Waals surface area contributed by atoms with Gasteiger partial charge in [-0.1, -0.05) is 12.1 Å². The van der Waals surface area contributed by atoms with Gasteiger partial charge < -0.3 is 10.8 Å². The highest BCUT2D eigenvalue weighted by atomic mass is 32.2. The summed E-state index contributed by atoms with van der Waals surface area (Å²) in [5.41, 5.74) is 7.38. The van der Waals surface area contributed by atoms with E-state index in [0.717, 1.165) is 11.8 Å². The number of pyridine rings is 1. The molecule has 1 heterocycles. The second-order valence-corrected chi connectivity index (χ2v) is 5.83. The van der Waals surface area contributed by atoms with E-state index in [1.165, 1.54) is 12.3 Å². The average molecular weight is 279 g/mol. The fourth-order valence-corrected chi connectivity index (χ4v) is 2.13. The highest BCUT2D eigenvalue weighted by Gasteiger charge is 2.05. The van der Waals surface area contributed by atoms with Crippen molar-refractivity contribution in [2.45, 2.75) is 0 Å². The zero-order valence-electron chi connectivity index (χ0n) is 10.2. The minimum absolute atomic E-state index is 0.0686. The number of rotatable bonds is 3. The van der Waals surface area contributed by atoms with Crippen molar-refractivity contribution in [2.24, 2.45) is 0 Å². The molecule has 0 aliphatic carbocycles. The second kappa shape index (κ2) is 4.77. The first-order chi connectivity index (χ1) is 8.85. The van der Waals surface area contributed by atoms with Crippen LogP contribution in [0, 0.1) is 0 Å². The molecule has 0 bridgehead atoms. The topological polar surface area (TPSA) is 105 Å². The van der Waals surface area contributed by atoms with Crippen molar-refractivity contribution < 1.29 is 13.5 Å². The van der Waals surface area contributed by atoms with Gasteiger partial charge in [0, 0.05) is 17.4 Å². The van der Waals surface area contributed by atoms with Crippen molar-refractivity contribution in [3.63, 3.8) is 0 Å². The van der Waals surface area contributed by atoms with Crippen LogP contribution in [0.5, 0.6) is 5.75 Å². The molecule has 0 aliphatic rings. The molecule has 0 atom stereocenters. The van der Waals surface area contributed by atoms with E-state index in [2.05, 4.69) is 9.71 Å². The van der Waals surface area contributed by atoms with Crippen LogP contribution in [0.25, 0.3) is 11.1 Å². The fraction of sp³-hybridized carbons (Fsp3) is 0.0833. The van der Waals surface area contributed by atoms with Gasteiger partial charge in [0.15, 0.2) is 11.6 Å². The summed E-state index contributed by atoms with van der Waals surface area (Å²) in [4.78, 5) is 3.85. The Bertz CT molecular complexity index is 697. The van der Waals surface area contributed by atoms with Crippen LogP contribution >= 0.6 is 0 Å². The number of nitrogen functional groups attached to an aromatic ring is 1. The van der Waals surface area contributed by atoms with Crippen LogP contribution in [0.3, 0.4) is 0 Å². The molecule has 2 aromatic rings. The summed E-state index contributed by atoms with van der Waals surface area (Å²) in [6.45, 7) is 0. The third-order valence-electron chi connectivity index (χ3n) is 2.42. The number of hydrogen-bond acceptors (Lipinski definition) is 5. The second-order valence-electron chi connectivity index (χ2n) is 4.08. The number of benzene rings is 1. The van der Waals surface area contributed by atoms with Gasteiger partial charge in [-0.25, -0.2) is 13.4 Å². The van der Waals surface area contributed by atoms with E-state index in [0.29, 0.717) is 11.3 Å². The largest absolute Gasteiger partial charge is 0.504 e. The lowest BCUT2D eigenvalue weighted by atomic mass is 10.1. The third-order valence-corrected chi connectivity index (χ3v) is 3.03. The Morgan fingerprint density at radius 1 is 1.21 bits per heavy atom. The summed E-state index contributed by atoms with van der Waals surface area (Å²) in [6, 6.07) is 8.20. The Labute approximate surface area is 111 Å². The van der Waals surface area contributed by atoms with E-state index in [1.807, 2.05) is 0 Å². The van der Waals surface area contributed by atoms with E-state index >= 15 is 0 Å². The number of aromatic hydroxyl groups is 1. The van der Waals surface area contributed by atoms with Gasteiger partial charge in [0.2, 0.25) is 10.0 Å². The quantitative estimate of drug-likeness (QED) is 0.787. The summed E-state index contributed by atoms with van der Waals surface area (Å²) in [5.74, 6) is -0.0186. The maximum Gasteiger partial charge on any atom is 0.229 e. The minimum Gasteiger partial charge on any atom is -0.504 e. The lowest BCUT2D eigenvalue weighted by Gasteiger charge is -2.06. The normalized spacial score (nSPS) is 11.2. The molecule has 0 amide bonds. The Kier molecular flexibility index (Phi) is 3.30. The Hall–Kier alpha value is -2.28. The molecule has 7 heteroatoms. The molecular weight excluding hydrogens is 266 g/mol. The summed E-state index contributed by atoms with van der Waals surface area (Å²) in [5, 5.41) is 9.49. The summed E-state index contributed by atoms with van der Waals surface area (Å²) < 4.78 is 24.5. The van der Waals surface area contributed by atoms with Crippen molar-refractivity contribution in [3.8, 4) is 16.9 Å². The van der Waals surface area contributed by atoms with Crippen molar-refractivity contribution in [1.82, 2.24) is 4.98 Å². The highest BCUT2D eigenvalue weighted by molar-refractivity contribution is 7.92. The molecule has 0 radical (unpaired) electrons. The molecule has 0 saturated carbocycles. The molecule has 0 spiro atoms. The third kappa shape index (κ3) is 3.35. The molecule has 100 valence electrons. The monoisotopic (exact) mass is 279 g/mol.